The first-order valence-corrected chi connectivity index (χ1v) is 13.9. The molecule has 3 rings (SSSR count). The number of ether oxygens (including phenoxy) is 4. The second kappa shape index (κ2) is 13.2. The van der Waals surface area contributed by atoms with E-state index in [2.05, 4.69) is 5.32 Å². The van der Waals surface area contributed by atoms with Crippen molar-refractivity contribution in [1.29, 1.82) is 0 Å². The van der Waals surface area contributed by atoms with Crippen molar-refractivity contribution in [2.45, 2.75) is 83.1 Å². The Hall–Kier alpha value is -2.96. The molecule has 12 nitrogen and oxygen atoms in total. The number of hydrogen-bond acceptors (Lipinski definition) is 10. The molecule has 3 unspecified atom stereocenters. The van der Waals surface area contributed by atoms with E-state index in [1.165, 1.54) is 49.0 Å². The predicted molar refractivity (Wildman–Crippen MR) is 137 cm³/mol. The molecule has 3 atom stereocenters. The molecule has 2 fully saturated rings. The van der Waals surface area contributed by atoms with Crippen LogP contribution in [0.2, 0.25) is 0 Å². The Morgan fingerprint density at radius 2 is 1.74 bits per heavy atom. The Kier molecular flexibility index (Phi) is 10.3. The van der Waals surface area contributed by atoms with Gasteiger partial charge in [0.2, 0.25) is 12.2 Å². The standard InChI is InChI=1S/C25H37N3O9S/c1-14(2)35-25(33)37-15(3)36-23(31)20-17(12-34-24(32)27(4)5)13-38-22-19(21(30)28(20)22)26-18(29)11-16-9-7-6-8-10-16/h14-16,19,22H,6-13H2,1-5H3,(H,26,29). The Balaban J connectivity index is 1.71. The van der Waals surface area contributed by atoms with Gasteiger partial charge in [-0.3, -0.25) is 14.5 Å². The van der Waals surface area contributed by atoms with Crippen LogP contribution in [-0.2, 0) is 33.3 Å². The first-order chi connectivity index (χ1) is 18.0. The van der Waals surface area contributed by atoms with Crippen molar-refractivity contribution in [3.63, 3.8) is 0 Å². The highest BCUT2D eigenvalue weighted by molar-refractivity contribution is 8.00. The number of hydrogen-bond donors (Lipinski definition) is 1. The molecule has 13 heteroatoms. The van der Waals surface area contributed by atoms with Gasteiger partial charge in [-0.15, -0.1) is 11.8 Å². The highest BCUT2D eigenvalue weighted by Gasteiger charge is 2.54. The van der Waals surface area contributed by atoms with Crippen LogP contribution in [0, 0.1) is 5.92 Å². The fraction of sp³-hybridized carbons (Fsp3) is 0.720. The molecular formula is C25H37N3O9S. The normalized spacial score (nSPS) is 22.2. The van der Waals surface area contributed by atoms with E-state index in [1.54, 1.807) is 13.8 Å². The molecule has 0 aromatic rings. The number of fused-ring (bicyclic) bond motifs is 1. The van der Waals surface area contributed by atoms with E-state index in [4.69, 9.17) is 18.9 Å². The smallest absolute Gasteiger partial charge is 0.445 e. The minimum Gasteiger partial charge on any atom is -0.445 e. The van der Waals surface area contributed by atoms with Crippen LogP contribution in [0.25, 0.3) is 0 Å². The van der Waals surface area contributed by atoms with Gasteiger partial charge in [-0.25, -0.2) is 14.4 Å². The average Bonchev–Trinajstić information content (AvgIpc) is 2.84. The van der Waals surface area contributed by atoms with Gasteiger partial charge < -0.3 is 29.2 Å². The molecular weight excluding hydrogens is 518 g/mol. The van der Waals surface area contributed by atoms with E-state index in [-0.39, 0.29) is 24.0 Å². The van der Waals surface area contributed by atoms with E-state index in [0.717, 1.165) is 25.7 Å². The largest absolute Gasteiger partial charge is 0.511 e. The van der Waals surface area contributed by atoms with Gasteiger partial charge in [0, 0.05) is 38.8 Å². The summed E-state index contributed by atoms with van der Waals surface area (Å²) in [5.41, 5.74) is 0.277. The Bertz CT molecular complexity index is 962. The molecule has 3 aliphatic rings. The van der Waals surface area contributed by atoms with Gasteiger partial charge in [-0.05, 0) is 32.6 Å². The van der Waals surface area contributed by atoms with E-state index in [9.17, 15) is 24.0 Å². The summed E-state index contributed by atoms with van der Waals surface area (Å²) in [4.78, 5) is 65.2. The molecule has 0 spiro atoms. The summed E-state index contributed by atoms with van der Waals surface area (Å²) < 4.78 is 20.4. The topological polar surface area (TPSA) is 141 Å². The molecule has 0 radical (unpaired) electrons. The number of esters is 1. The van der Waals surface area contributed by atoms with Crippen molar-refractivity contribution in [2.24, 2.45) is 5.92 Å². The molecule has 38 heavy (non-hydrogen) atoms. The lowest BCUT2D eigenvalue weighted by molar-refractivity contribution is -0.169. The average molecular weight is 556 g/mol. The summed E-state index contributed by atoms with van der Waals surface area (Å²) in [5.74, 6) is -0.979. The summed E-state index contributed by atoms with van der Waals surface area (Å²) >= 11 is 1.35. The van der Waals surface area contributed by atoms with Crippen LogP contribution >= 0.6 is 11.8 Å². The van der Waals surface area contributed by atoms with Gasteiger partial charge in [-0.2, -0.15) is 0 Å². The van der Waals surface area contributed by atoms with Crippen molar-refractivity contribution >= 4 is 41.8 Å². The molecule has 212 valence electrons. The van der Waals surface area contributed by atoms with Crippen molar-refractivity contribution in [3.8, 4) is 0 Å². The molecule has 1 N–H and O–H groups in total. The maximum atomic E-state index is 13.2. The number of carbonyl (C=O) groups is 5. The Morgan fingerprint density at radius 3 is 2.37 bits per heavy atom. The molecule has 1 aliphatic carbocycles. The van der Waals surface area contributed by atoms with Gasteiger partial charge in [0.05, 0.1) is 6.10 Å². The predicted octanol–water partition coefficient (Wildman–Crippen LogP) is 2.76. The summed E-state index contributed by atoms with van der Waals surface area (Å²) in [5, 5.41) is 2.32. The first kappa shape index (κ1) is 29.6. The van der Waals surface area contributed by atoms with Crippen LogP contribution in [0.1, 0.15) is 59.3 Å². The number of thioether (sulfide) groups is 1. The Labute approximate surface area is 226 Å². The summed E-state index contributed by atoms with van der Waals surface area (Å²) in [6.45, 7) is 4.38. The first-order valence-electron chi connectivity index (χ1n) is 12.9. The van der Waals surface area contributed by atoms with E-state index in [0.29, 0.717) is 17.9 Å². The number of β-lactam (4-membered cyclic amide) rings is 1. The van der Waals surface area contributed by atoms with Crippen LogP contribution in [0.3, 0.4) is 0 Å². The number of carbonyl (C=O) groups excluding carboxylic acids is 5. The van der Waals surface area contributed by atoms with E-state index < -0.39 is 47.9 Å². The second-order valence-corrected chi connectivity index (χ2v) is 11.2. The summed E-state index contributed by atoms with van der Waals surface area (Å²) in [6, 6.07) is -0.778. The maximum absolute atomic E-state index is 13.2. The fourth-order valence-corrected chi connectivity index (χ4v) is 5.86. The SMILES string of the molecule is CC(C)OC(=O)OC(C)OC(=O)C1=C(COC(=O)N(C)C)CSC2C(NC(=O)CC3CCCCC3)C(=O)N12. The van der Waals surface area contributed by atoms with Gasteiger partial charge in [0.1, 0.15) is 23.7 Å². The lowest BCUT2D eigenvalue weighted by Crippen LogP contribution is -2.70. The zero-order chi connectivity index (χ0) is 28.0. The van der Waals surface area contributed by atoms with Crippen molar-refractivity contribution in [2.75, 3.05) is 26.5 Å². The highest BCUT2D eigenvalue weighted by Crippen LogP contribution is 2.41. The van der Waals surface area contributed by atoms with Crippen LogP contribution in [0.4, 0.5) is 9.59 Å². The lowest BCUT2D eigenvalue weighted by atomic mass is 9.86. The summed E-state index contributed by atoms with van der Waals surface area (Å²) in [6.07, 6.45) is 2.45. The minimum absolute atomic E-state index is 0.0873. The van der Waals surface area contributed by atoms with Crippen LogP contribution < -0.4 is 5.32 Å². The number of nitrogens with zero attached hydrogens (tertiary/aromatic N) is 2. The second-order valence-electron chi connectivity index (χ2n) is 10.1. The van der Waals surface area contributed by atoms with Gasteiger partial charge in [-0.1, -0.05) is 19.3 Å². The molecule has 3 amide bonds. The monoisotopic (exact) mass is 555 g/mol. The molecule has 0 bridgehead atoms. The minimum atomic E-state index is -1.30. The third kappa shape index (κ3) is 7.55. The molecule has 2 heterocycles. The number of nitrogens with one attached hydrogen (secondary N) is 1. The molecule has 2 aliphatic heterocycles. The molecule has 0 aromatic heterocycles. The fourth-order valence-electron chi connectivity index (χ4n) is 4.53. The van der Waals surface area contributed by atoms with Gasteiger partial charge >= 0.3 is 18.2 Å². The van der Waals surface area contributed by atoms with Crippen LogP contribution in [0.5, 0.6) is 0 Å². The third-order valence-electron chi connectivity index (χ3n) is 6.36. The lowest BCUT2D eigenvalue weighted by Gasteiger charge is -2.49. The molecule has 1 saturated carbocycles. The zero-order valence-corrected chi connectivity index (χ0v) is 23.3. The van der Waals surface area contributed by atoms with Crippen molar-refractivity contribution in [1.82, 2.24) is 15.1 Å². The van der Waals surface area contributed by atoms with Crippen LogP contribution in [-0.4, -0.2) is 90.1 Å². The van der Waals surface area contributed by atoms with Crippen LogP contribution in [0.15, 0.2) is 11.3 Å². The molecule has 1 saturated heterocycles. The maximum Gasteiger partial charge on any atom is 0.511 e. The van der Waals surface area contributed by atoms with Gasteiger partial charge in [0.15, 0.2) is 0 Å². The number of amides is 3. The highest BCUT2D eigenvalue weighted by atomic mass is 32.2. The van der Waals surface area contributed by atoms with Crippen molar-refractivity contribution in [3.05, 3.63) is 11.3 Å². The third-order valence-corrected chi connectivity index (χ3v) is 7.70. The Morgan fingerprint density at radius 1 is 1.05 bits per heavy atom. The zero-order valence-electron chi connectivity index (χ0n) is 22.5. The van der Waals surface area contributed by atoms with Crippen molar-refractivity contribution < 1.29 is 42.9 Å². The quantitative estimate of drug-likeness (QED) is 0.195. The van der Waals surface area contributed by atoms with E-state index in [1.807, 2.05) is 0 Å². The molecule has 0 aromatic carbocycles. The summed E-state index contributed by atoms with van der Waals surface area (Å²) in [7, 11) is 3.04. The number of rotatable bonds is 9. The van der Waals surface area contributed by atoms with E-state index >= 15 is 0 Å². The van der Waals surface area contributed by atoms with Gasteiger partial charge in [0.25, 0.3) is 5.91 Å².